The third kappa shape index (κ3) is 6.71. The number of ether oxygens (including phenoxy) is 5. The van der Waals surface area contributed by atoms with Crippen molar-refractivity contribution in [1.82, 2.24) is 9.80 Å². The minimum absolute atomic E-state index is 0.111. The van der Waals surface area contributed by atoms with E-state index in [1.165, 1.54) is 0 Å². The number of rotatable bonds is 14. The number of nitrogens with zero attached hydrogens (tertiary/aromatic N) is 2. The highest BCUT2D eigenvalue weighted by atomic mass is 16.5. The number of nitrogen functional groups attached to an aromatic ring is 1. The minimum atomic E-state index is -0.111. The molecule has 0 radical (unpaired) electrons. The van der Waals surface area contributed by atoms with Gasteiger partial charge in [0.25, 0.3) is 0 Å². The fourth-order valence-corrected chi connectivity index (χ4v) is 5.52. The molecule has 1 aliphatic carbocycles. The largest absolute Gasteiger partial charge is 0.493 e. The number of carbonyl (C=O) groups excluding carboxylic acids is 1. The van der Waals surface area contributed by atoms with E-state index in [0.29, 0.717) is 53.9 Å². The lowest BCUT2D eigenvalue weighted by atomic mass is 10.0. The Hall–Kier alpha value is -2.85. The molecule has 5 rings (SSSR count). The molecule has 2 aromatic rings. The second kappa shape index (κ2) is 14.2. The molecule has 2 N–H and O–H groups in total. The number of morpholine rings is 2. The van der Waals surface area contributed by atoms with E-state index in [0.717, 1.165) is 103 Å². The molecule has 2 saturated heterocycles. The standard InChI is InChI=1S/C31H43N3O6/c1-2-3-15-39-25-22-26(40-17-6-10-34-13-20-37-21-14-34)30(32)29-28(25)27-23(31(29)35)7-4-8-24(27)38-16-5-9-33-11-18-36-19-12-33/h4,7-8,22H,2-3,5-6,9-21,32H2,1H3. The average molecular weight is 554 g/mol. The lowest BCUT2D eigenvalue weighted by Crippen LogP contribution is -2.37. The zero-order valence-corrected chi connectivity index (χ0v) is 23.8. The van der Waals surface area contributed by atoms with Gasteiger partial charge in [0.2, 0.25) is 0 Å². The van der Waals surface area contributed by atoms with Crippen LogP contribution in [0.2, 0.25) is 0 Å². The normalized spacial score (nSPS) is 17.5. The molecule has 0 aromatic heterocycles. The Morgan fingerprint density at radius 3 is 1.95 bits per heavy atom. The second-order valence-electron chi connectivity index (χ2n) is 10.6. The number of ketones is 1. The summed E-state index contributed by atoms with van der Waals surface area (Å²) in [5.41, 5.74) is 9.53. The number of fused-ring (bicyclic) bond motifs is 3. The van der Waals surface area contributed by atoms with Crippen LogP contribution >= 0.6 is 0 Å². The Morgan fingerprint density at radius 2 is 1.32 bits per heavy atom. The van der Waals surface area contributed by atoms with Crippen LogP contribution < -0.4 is 19.9 Å². The van der Waals surface area contributed by atoms with Gasteiger partial charge in [-0.1, -0.05) is 25.5 Å². The van der Waals surface area contributed by atoms with Crippen LogP contribution in [-0.4, -0.2) is 101 Å². The van der Waals surface area contributed by atoms with Gasteiger partial charge in [0.1, 0.15) is 17.2 Å². The first-order valence-electron chi connectivity index (χ1n) is 14.8. The molecule has 0 atom stereocenters. The van der Waals surface area contributed by atoms with Crippen LogP contribution in [0, 0.1) is 0 Å². The molecule has 9 nitrogen and oxygen atoms in total. The first-order valence-corrected chi connectivity index (χ1v) is 14.8. The van der Waals surface area contributed by atoms with E-state index in [1.54, 1.807) is 0 Å². The van der Waals surface area contributed by atoms with Gasteiger partial charge < -0.3 is 29.4 Å². The van der Waals surface area contributed by atoms with Crippen molar-refractivity contribution in [1.29, 1.82) is 0 Å². The summed E-state index contributed by atoms with van der Waals surface area (Å²) in [4.78, 5) is 18.5. The molecule has 0 spiro atoms. The Bertz CT molecular complexity index is 1140. The third-order valence-electron chi connectivity index (χ3n) is 7.76. The third-order valence-corrected chi connectivity index (χ3v) is 7.76. The quantitative estimate of drug-likeness (QED) is 0.236. The maximum atomic E-state index is 13.7. The summed E-state index contributed by atoms with van der Waals surface area (Å²) in [6, 6.07) is 7.50. The zero-order valence-electron chi connectivity index (χ0n) is 23.8. The fourth-order valence-electron chi connectivity index (χ4n) is 5.52. The molecule has 2 fully saturated rings. The first kappa shape index (κ1) is 28.7. The van der Waals surface area contributed by atoms with Crippen LogP contribution in [0.25, 0.3) is 11.1 Å². The van der Waals surface area contributed by atoms with Gasteiger partial charge in [-0.3, -0.25) is 14.6 Å². The van der Waals surface area contributed by atoms with Gasteiger partial charge in [-0.25, -0.2) is 0 Å². The molecule has 9 heteroatoms. The number of unbranched alkanes of at least 4 members (excludes halogenated alkanes) is 1. The maximum absolute atomic E-state index is 13.7. The minimum Gasteiger partial charge on any atom is -0.493 e. The summed E-state index contributed by atoms with van der Waals surface area (Å²) < 4.78 is 29.6. The van der Waals surface area contributed by atoms with Gasteiger partial charge in [0, 0.05) is 62.0 Å². The van der Waals surface area contributed by atoms with E-state index < -0.39 is 0 Å². The van der Waals surface area contributed by atoms with Crippen LogP contribution in [0.1, 0.15) is 48.5 Å². The van der Waals surface area contributed by atoms with Gasteiger partial charge >= 0.3 is 0 Å². The summed E-state index contributed by atoms with van der Waals surface area (Å²) >= 11 is 0. The topological polar surface area (TPSA) is 95.7 Å². The molecular formula is C31H43N3O6. The lowest BCUT2D eigenvalue weighted by Gasteiger charge is -2.26. The predicted molar refractivity (Wildman–Crippen MR) is 155 cm³/mol. The van der Waals surface area contributed by atoms with Crippen molar-refractivity contribution in [2.75, 3.05) is 91.3 Å². The van der Waals surface area contributed by atoms with E-state index >= 15 is 0 Å². The molecule has 0 bridgehead atoms. The van der Waals surface area contributed by atoms with Crippen molar-refractivity contribution in [2.24, 2.45) is 0 Å². The molecule has 0 saturated carbocycles. The number of carbonyl (C=O) groups is 1. The number of hydrogen-bond acceptors (Lipinski definition) is 9. The van der Waals surface area contributed by atoms with Crippen molar-refractivity contribution in [3.63, 3.8) is 0 Å². The molecule has 0 amide bonds. The number of nitrogens with two attached hydrogens (primary N) is 1. The fraction of sp³-hybridized carbons (Fsp3) is 0.581. The van der Waals surface area contributed by atoms with E-state index in [-0.39, 0.29) is 5.78 Å². The monoisotopic (exact) mass is 553 g/mol. The molecular weight excluding hydrogens is 510 g/mol. The molecule has 0 unspecified atom stereocenters. The van der Waals surface area contributed by atoms with Crippen molar-refractivity contribution < 1.29 is 28.5 Å². The van der Waals surface area contributed by atoms with Crippen molar-refractivity contribution in [3.05, 3.63) is 35.4 Å². The summed E-state index contributed by atoms with van der Waals surface area (Å²) in [7, 11) is 0. The smallest absolute Gasteiger partial charge is 0.196 e. The highest BCUT2D eigenvalue weighted by molar-refractivity contribution is 6.26. The van der Waals surface area contributed by atoms with Crippen molar-refractivity contribution in [2.45, 2.75) is 32.6 Å². The Balaban J connectivity index is 1.33. The average Bonchev–Trinajstić information content (AvgIpc) is 3.30. The van der Waals surface area contributed by atoms with Crippen molar-refractivity contribution >= 4 is 11.5 Å². The van der Waals surface area contributed by atoms with Gasteiger partial charge in [-0.15, -0.1) is 0 Å². The van der Waals surface area contributed by atoms with Gasteiger partial charge in [-0.05, 0) is 25.3 Å². The summed E-state index contributed by atoms with van der Waals surface area (Å²) in [5, 5.41) is 0. The second-order valence-corrected chi connectivity index (χ2v) is 10.6. The molecule has 40 heavy (non-hydrogen) atoms. The summed E-state index contributed by atoms with van der Waals surface area (Å²) in [6.45, 7) is 12.6. The number of hydrogen-bond donors (Lipinski definition) is 1. The molecule has 2 aromatic carbocycles. The van der Waals surface area contributed by atoms with Crippen LogP contribution in [0.5, 0.6) is 17.2 Å². The molecule has 218 valence electrons. The summed E-state index contributed by atoms with van der Waals surface area (Å²) in [6.07, 6.45) is 3.67. The number of anilines is 1. The van der Waals surface area contributed by atoms with E-state index in [4.69, 9.17) is 29.4 Å². The van der Waals surface area contributed by atoms with E-state index in [2.05, 4.69) is 16.7 Å². The van der Waals surface area contributed by atoms with Gasteiger partial charge in [0.15, 0.2) is 5.78 Å². The Labute approximate surface area is 237 Å². The van der Waals surface area contributed by atoms with Crippen LogP contribution in [0.15, 0.2) is 24.3 Å². The van der Waals surface area contributed by atoms with E-state index in [9.17, 15) is 4.79 Å². The SMILES string of the molecule is CCCCOc1cc(OCCCN2CCOCC2)c(N)c2c1-c1c(OCCCN3CCOCC3)cccc1C2=O. The van der Waals surface area contributed by atoms with Crippen LogP contribution in [0.3, 0.4) is 0 Å². The molecule has 2 heterocycles. The zero-order chi connectivity index (χ0) is 27.7. The lowest BCUT2D eigenvalue weighted by molar-refractivity contribution is 0.0357. The van der Waals surface area contributed by atoms with Gasteiger partial charge in [0.05, 0.1) is 57.5 Å². The van der Waals surface area contributed by atoms with E-state index in [1.807, 2.05) is 24.3 Å². The van der Waals surface area contributed by atoms with Gasteiger partial charge in [-0.2, -0.15) is 0 Å². The molecule has 2 aliphatic heterocycles. The Kier molecular flexibility index (Phi) is 10.2. The molecule has 3 aliphatic rings. The van der Waals surface area contributed by atoms with Crippen LogP contribution in [-0.2, 0) is 9.47 Å². The highest BCUT2D eigenvalue weighted by Gasteiger charge is 2.36. The first-order chi connectivity index (χ1) is 19.7. The van der Waals surface area contributed by atoms with Crippen molar-refractivity contribution in [3.8, 4) is 28.4 Å². The summed E-state index contributed by atoms with van der Waals surface area (Å²) in [5.74, 6) is 1.70. The maximum Gasteiger partial charge on any atom is 0.196 e. The van der Waals surface area contributed by atoms with Crippen LogP contribution in [0.4, 0.5) is 5.69 Å². The number of benzene rings is 2. The highest BCUT2D eigenvalue weighted by Crippen LogP contribution is 2.52. The predicted octanol–water partition coefficient (Wildman–Crippen LogP) is 3.86. The Morgan fingerprint density at radius 1 is 0.750 bits per heavy atom.